The number of nitrogens with zero attached hydrogens (tertiary/aromatic N) is 1. The van der Waals surface area contributed by atoms with Gasteiger partial charge in [-0.05, 0) is 73.8 Å². The van der Waals surface area contributed by atoms with Crippen LogP contribution < -0.4 is 18.9 Å². The van der Waals surface area contributed by atoms with Gasteiger partial charge in [0.1, 0.15) is 49.4 Å². The number of ether oxygens (including phenoxy) is 5. The van der Waals surface area contributed by atoms with Gasteiger partial charge in [-0.2, -0.15) is 0 Å². The first-order valence-corrected chi connectivity index (χ1v) is 20.3. The summed E-state index contributed by atoms with van der Waals surface area (Å²) in [5.74, 6) is 3.13. The molecule has 0 fully saturated rings. The Balaban J connectivity index is 1.10. The highest BCUT2D eigenvalue weighted by Gasteiger charge is 2.22. The van der Waals surface area contributed by atoms with E-state index >= 15 is 0 Å². The van der Waals surface area contributed by atoms with Crippen molar-refractivity contribution in [2.75, 3.05) is 65.9 Å². The number of aliphatic hydroxyl groups excluding tert-OH is 1. The molecule has 7 heteroatoms. The van der Waals surface area contributed by atoms with E-state index in [1.807, 2.05) is 0 Å². The van der Waals surface area contributed by atoms with Gasteiger partial charge in [-0.15, -0.1) is 0 Å². The van der Waals surface area contributed by atoms with Gasteiger partial charge in [-0.1, -0.05) is 121 Å². The second-order valence-corrected chi connectivity index (χ2v) is 14.6. The quantitative estimate of drug-likeness (QED) is 0.192. The van der Waals surface area contributed by atoms with Crippen LogP contribution in [0.4, 0.5) is 0 Å². The standard InChI is InChI=1S/C51H47NO6/c53-29-9-26-52-27-30-55-44-22-18-36-10-1-5-14-40(36)48(44)50-42-16-7-3-12-38(42)20-24-46(50)57-34-32-54-33-35-58-47-25-21-39-13-4-8-17-43(39)51(47)49-41-15-6-2-11-37(41)19-23-45(49)56-31-28-52/h1-8,10-25,53H,9,26-35H2. The summed E-state index contributed by atoms with van der Waals surface area (Å²) in [7, 11) is 0. The summed E-state index contributed by atoms with van der Waals surface area (Å²) in [6, 6.07) is 50.5. The maximum Gasteiger partial charge on any atom is 0.128 e. The van der Waals surface area contributed by atoms with Crippen molar-refractivity contribution in [3.8, 4) is 45.3 Å². The maximum absolute atomic E-state index is 9.86. The molecule has 0 unspecified atom stereocenters. The minimum atomic E-state index is 0.112. The Morgan fingerprint density at radius 2 is 0.707 bits per heavy atom. The van der Waals surface area contributed by atoms with Crippen molar-refractivity contribution in [3.05, 3.63) is 146 Å². The maximum atomic E-state index is 9.86. The predicted octanol–water partition coefficient (Wildman–Crippen LogP) is 10.6. The normalized spacial score (nSPS) is 14.7. The minimum absolute atomic E-state index is 0.112. The van der Waals surface area contributed by atoms with Crippen LogP contribution in [0.3, 0.4) is 0 Å². The van der Waals surface area contributed by atoms with Crippen molar-refractivity contribution in [3.63, 3.8) is 0 Å². The summed E-state index contributed by atoms with van der Waals surface area (Å²) in [6.07, 6.45) is 0.652. The molecular weight excluding hydrogens is 723 g/mol. The van der Waals surface area contributed by atoms with Crippen LogP contribution in [-0.4, -0.2) is 75.9 Å². The fourth-order valence-electron chi connectivity index (χ4n) is 8.24. The van der Waals surface area contributed by atoms with Gasteiger partial charge in [0.05, 0.1) is 13.2 Å². The van der Waals surface area contributed by atoms with Crippen LogP contribution in [-0.2, 0) is 4.74 Å². The molecule has 0 aliphatic carbocycles. The van der Waals surface area contributed by atoms with Gasteiger partial charge in [0, 0.05) is 48.5 Å². The molecule has 1 aliphatic rings. The van der Waals surface area contributed by atoms with Gasteiger partial charge in [-0.25, -0.2) is 0 Å². The summed E-state index contributed by atoms with van der Waals surface area (Å²) >= 11 is 0. The van der Waals surface area contributed by atoms with Gasteiger partial charge in [-0.3, -0.25) is 4.90 Å². The van der Waals surface area contributed by atoms with Crippen LogP contribution >= 0.6 is 0 Å². The third kappa shape index (κ3) is 7.77. The second-order valence-electron chi connectivity index (χ2n) is 14.6. The van der Waals surface area contributed by atoms with E-state index in [0.29, 0.717) is 65.7 Å². The van der Waals surface area contributed by atoms with Crippen molar-refractivity contribution in [1.29, 1.82) is 0 Å². The molecular formula is C51H47NO6. The number of hydrogen-bond donors (Lipinski definition) is 1. The van der Waals surface area contributed by atoms with Crippen LogP contribution in [0, 0.1) is 0 Å². The van der Waals surface area contributed by atoms with Crippen LogP contribution in [0.15, 0.2) is 146 Å². The minimum Gasteiger partial charge on any atom is -0.492 e. The zero-order valence-corrected chi connectivity index (χ0v) is 32.6. The molecule has 58 heavy (non-hydrogen) atoms. The van der Waals surface area contributed by atoms with Crippen molar-refractivity contribution < 1.29 is 28.8 Å². The molecule has 0 saturated carbocycles. The molecule has 292 valence electrons. The van der Waals surface area contributed by atoms with Crippen LogP contribution in [0.1, 0.15) is 6.42 Å². The third-order valence-electron chi connectivity index (χ3n) is 11.0. The summed E-state index contributed by atoms with van der Waals surface area (Å²) in [5.41, 5.74) is 4.00. The number of aliphatic hydroxyl groups is 1. The van der Waals surface area contributed by atoms with Crippen molar-refractivity contribution in [1.82, 2.24) is 4.90 Å². The summed E-state index contributed by atoms with van der Waals surface area (Å²) in [6.45, 7) is 4.54. The molecule has 8 aromatic rings. The van der Waals surface area contributed by atoms with Crippen molar-refractivity contribution in [2.24, 2.45) is 0 Å². The molecule has 0 spiro atoms. The lowest BCUT2D eigenvalue weighted by molar-refractivity contribution is 0.0767. The van der Waals surface area contributed by atoms with Gasteiger partial charge in [0.15, 0.2) is 0 Å². The smallest absolute Gasteiger partial charge is 0.128 e. The van der Waals surface area contributed by atoms with E-state index in [1.54, 1.807) is 0 Å². The van der Waals surface area contributed by atoms with E-state index in [-0.39, 0.29) is 6.61 Å². The van der Waals surface area contributed by atoms with E-state index in [1.165, 1.54) is 0 Å². The first-order valence-electron chi connectivity index (χ1n) is 20.3. The number of hydrogen-bond acceptors (Lipinski definition) is 7. The molecule has 1 N–H and O–H groups in total. The Hall–Kier alpha value is -6.12. The van der Waals surface area contributed by atoms with E-state index in [2.05, 4.69) is 150 Å². The van der Waals surface area contributed by atoms with Gasteiger partial charge in [0.25, 0.3) is 0 Å². The fourth-order valence-corrected chi connectivity index (χ4v) is 8.24. The van der Waals surface area contributed by atoms with E-state index in [9.17, 15) is 5.11 Å². The van der Waals surface area contributed by atoms with Crippen molar-refractivity contribution in [2.45, 2.75) is 6.42 Å². The zero-order valence-electron chi connectivity index (χ0n) is 32.6. The van der Waals surface area contributed by atoms with E-state index in [0.717, 1.165) is 88.3 Å². The molecule has 0 saturated heterocycles. The van der Waals surface area contributed by atoms with Crippen LogP contribution in [0.25, 0.3) is 65.3 Å². The third-order valence-corrected chi connectivity index (χ3v) is 11.0. The number of fused-ring (bicyclic) bond motifs is 14. The average Bonchev–Trinajstić information content (AvgIpc) is 3.27. The molecule has 7 nitrogen and oxygen atoms in total. The Bertz CT molecular complexity index is 2510. The molecule has 0 radical (unpaired) electrons. The first-order chi connectivity index (χ1) is 28.8. The summed E-state index contributed by atoms with van der Waals surface area (Å²) in [4.78, 5) is 2.31. The molecule has 1 heterocycles. The van der Waals surface area contributed by atoms with Crippen molar-refractivity contribution >= 4 is 43.1 Å². The first kappa shape index (κ1) is 37.5. The monoisotopic (exact) mass is 769 g/mol. The fraction of sp³-hybridized carbons (Fsp3) is 0.216. The van der Waals surface area contributed by atoms with Crippen LogP contribution in [0.2, 0.25) is 0 Å². The Labute approximate surface area is 338 Å². The SMILES string of the molecule is OCCCN1CCOc2ccc3ccccc3c2-c2c(ccc3ccccc23)OCCOCCOc2ccc3ccccc3c2-c2c(ccc3ccccc23)OCC1. The molecule has 1 aliphatic heterocycles. The van der Waals surface area contributed by atoms with E-state index < -0.39 is 0 Å². The zero-order chi connectivity index (χ0) is 39.1. The van der Waals surface area contributed by atoms with Crippen LogP contribution in [0.5, 0.6) is 23.0 Å². The summed E-state index contributed by atoms with van der Waals surface area (Å²) < 4.78 is 32.9. The lowest BCUT2D eigenvalue weighted by atomic mass is 9.92. The average molecular weight is 770 g/mol. The Morgan fingerprint density at radius 1 is 0.379 bits per heavy atom. The number of benzene rings is 8. The molecule has 0 bridgehead atoms. The number of rotatable bonds is 3. The molecule has 8 aromatic carbocycles. The highest BCUT2D eigenvalue weighted by molar-refractivity contribution is 6.11. The topological polar surface area (TPSA) is 69.6 Å². The van der Waals surface area contributed by atoms with E-state index in [4.69, 9.17) is 23.7 Å². The lowest BCUT2D eigenvalue weighted by Crippen LogP contribution is -2.33. The van der Waals surface area contributed by atoms with Gasteiger partial charge < -0.3 is 28.8 Å². The highest BCUT2D eigenvalue weighted by Crippen LogP contribution is 2.47. The molecule has 9 rings (SSSR count). The Morgan fingerprint density at radius 3 is 1.05 bits per heavy atom. The molecule has 0 atom stereocenters. The van der Waals surface area contributed by atoms with Gasteiger partial charge >= 0.3 is 0 Å². The molecule has 0 amide bonds. The van der Waals surface area contributed by atoms with Gasteiger partial charge in [0.2, 0.25) is 0 Å². The Kier molecular flexibility index (Phi) is 11.3. The second kappa shape index (κ2) is 17.6. The summed E-state index contributed by atoms with van der Waals surface area (Å²) in [5, 5.41) is 18.7. The lowest BCUT2D eigenvalue weighted by Gasteiger charge is -2.24. The predicted molar refractivity (Wildman–Crippen MR) is 235 cm³/mol. The largest absolute Gasteiger partial charge is 0.492 e. The highest BCUT2D eigenvalue weighted by atomic mass is 16.5. The molecule has 0 aromatic heterocycles.